The molecule has 198 valence electrons. The van der Waals surface area contributed by atoms with Crippen LogP contribution in [0.4, 0.5) is 11.4 Å². The van der Waals surface area contributed by atoms with Crippen LogP contribution in [0, 0.1) is 5.92 Å². The van der Waals surface area contributed by atoms with Crippen molar-refractivity contribution in [3.05, 3.63) is 151 Å². The SMILES string of the molecule is CC1(C)c2ccccc2N(c2cccc(-c3ccc4c(c3)c3ccccc3n4-c3ccccc3)c2)C2C=CC=CC21. The van der Waals surface area contributed by atoms with Crippen LogP contribution in [0.2, 0.25) is 0 Å². The summed E-state index contributed by atoms with van der Waals surface area (Å²) < 4.78 is 2.38. The zero-order valence-corrected chi connectivity index (χ0v) is 23.4. The zero-order valence-electron chi connectivity index (χ0n) is 23.4. The molecular formula is C39H32N2. The smallest absolute Gasteiger partial charge is 0.0596 e. The maximum atomic E-state index is 2.55. The largest absolute Gasteiger partial charge is 0.334 e. The minimum absolute atomic E-state index is 0.0502. The number of fused-ring (bicyclic) bond motifs is 5. The predicted octanol–water partition coefficient (Wildman–Crippen LogP) is 9.99. The van der Waals surface area contributed by atoms with Gasteiger partial charge in [0, 0.05) is 39.2 Å². The first-order valence-corrected chi connectivity index (χ1v) is 14.5. The van der Waals surface area contributed by atoms with E-state index in [0.717, 1.165) is 0 Å². The number of benzene rings is 5. The van der Waals surface area contributed by atoms with E-state index in [0.29, 0.717) is 5.92 Å². The molecule has 6 aromatic rings. The fraction of sp³-hybridized carbons (Fsp3) is 0.128. The maximum Gasteiger partial charge on any atom is 0.0596 e. The van der Waals surface area contributed by atoms with Gasteiger partial charge in [-0.2, -0.15) is 0 Å². The van der Waals surface area contributed by atoms with Gasteiger partial charge in [0.15, 0.2) is 0 Å². The number of rotatable bonds is 3. The second kappa shape index (κ2) is 9.11. The Balaban J connectivity index is 1.28. The Morgan fingerprint density at radius 2 is 1.27 bits per heavy atom. The predicted molar refractivity (Wildman–Crippen MR) is 173 cm³/mol. The van der Waals surface area contributed by atoms with Crippen molar-refractivity contribution in [1.29, 1.82) is 0 Å². The summed E-state index contributed by atoms with van der Waals surface area (Å²) >= 11 is 0. The normalized spacial score (nSPS) is 18.9. The molecule has 2 heterocycles. The van der Waals surface area contributed by atoms with Crippen molar-refractivity contribution in [3.8, 4) is 16.8 Å². The molecule has 0 radical (unpaired) electrons. The Hall–Kier alpha value is -4.82. The molecule has 41 heavy (non-hydrogen) atoms. The minimum Gasteiger partial charge on any atom is -0.334 e. The molecule has 2 nitrogen and oxygen atoms in total. The van der Waals surface area contributed by atoms with E-state index < -0.39 is 0 Å². The molecule has 5 aromatic carbocycles. The van der Waals surface area contributed by atoms with Gasteiger partial charge < -0.3 is 9.47 Å². The number of anilines is 2. The maximum absolute atomic E-state index is 2.55. The van der Waals surface area contributed by atoms with Gasteiger partial charge in [0.2, 0.25) is 0 Å². The number of allylic oxidation sites excluding steroid dienone is 2. The van der Waals surface area contributed by atoms with E-state index in [1.807, 2.05) is 0 Å². The third-order valence-corrected chi connectivity index (χ3v) is 9.24. The van der Waals surface area contributed by atoms with Crippen LogP contribution in [0.1, 0.15) is 19.4 Å². The summed E-state index contributed by atoms with van der Waals surface area (Å²) in [5, 5.41) is 2.55. The van der Waals surface area contributed by atoms with Crippen molar-refractivity contribution in [2.75, 3.05) is 4.90 Å². The minimum atomic E-state index is 0.0502. The van der Waals surface area contributed by atoms with Crippen molar-refractivity contribution in [2.45, 2.75) is 25.3 Å². The van der Waals surface area contributed by atoms with Crippen LogP contribution >= 0.6 is 0 Å². The fourth-order valence-corrected chi connectivity index (χ4v) is 7.23. The molecule has 0 fully saturated rings. The van der Waals surface area contributed by atoms with Crippen LogP contribution in [-0.2, 0) is 5.41 Å². The molecule has 0 saturated carbocycles. The monoisotopic (exact) mass is 528 g/mol. The van der Waals surface area contributed by atoms with Gasteiger partial charge in [-0.05, 0) is 65.2 Å². The molecule has 8 rings (SSSR count). The van der Waals surface area contributed by atoms with E-state index in [1.165, 1.54) is 55.6 Å². The van der Waals surface area contributed by atoms with Crippen LogP contribution in [0.5, 0.6) is 0 Å². The number of aromatic nitrogens is 1. The molecule has 0 N–H and O–H groups in total. The molecule has 2 heteroatoms. The third kappa shape index (κ3) is 3.64. The van der Waals surface area contributed by atoms with E-state index >= 15 is 0 Å². The highest BCUT2D eigenvalue weighted by Gasteiger charge is 2.44. The van der Waals surface area contributed by atoms with E-state index in [9.17, 15) is 0 Å². The van der Waals surface area contributed by atoms with Gasteiger partial charge in [-0.25, -0.2) is 0 Å². The van der Waals surface area contributed by atoms with Crippen molar-refractivity contribution >= 4 is 33.2 Å². The van der Waals surface area contributed by atoms with Crippen molar-refractivity contribution < 1.29 is 0 Å². The quantitative estimate of drug-likeness (QED) is 0.222. The van der Waals surface area contributed by atoms with Crippen LogP contribution in [0.25, 0.3) is 38.6 Å². The van der Waals surface area contributed by atoms with Gasteiger partial charge in [0.05, 0.1) is 17.1 Å². The van der Waals surface area contributed by atoms with E-state index in [-0.39, 0.29) is 11.5 Å². The lowest BCUT2D eigenvalue weighted by atomic mass is 9.65. The summed E-state index contributed by atoms with van der Waals surface area (Å²) in [6, 6.07) is 44.6. The number of hydrogen-bond acceptors (Lipinski definition) is 1. The van der Waals surface area contributed by atoms with E-state index in [1.54, 1.807) is 0 Å². The van der Waals surface area contributed by atoms with Gasteiger partial charge in [0.1, 0.15) is 0 Å². The highest BCUT2D eigenvalue weighted by atomic mass is 15.2. The fourth-order valence-electron chi connectivity index (χ4n) is 7.23. The van der Waals surface area contributed by atoms with Crippen LogP contribution < -0.4 is 4.90 Å². The van der Waals surface area contributed by atoms with Crippen molar-refractivity contribution in [2.24, 2.45) is 5.92 Å². The highest BCUT2D eigenvalue weighted by molar-refractivity contribution is 6.10. The van der Waals surface area contributed by atoms with Crippen LogP contribution in [-0.4, -0.2) is 10.6 Å². The first kappa shape index (κ1) is 24.0. The zero-order chi connectivity index (χ0) is 27.6. The summed E-state index contributed by atoms with van der Waals surface area (Å²) in [6.07, 6.45) is 9.19. The summed E-state index contributed by atoms with van der Waals surface area (Å²) in [7, 11) is 0. The first-order valence-electron chi connectivity index (χ1n) is 14.5. The van der Waals surface area contributed by atoms with Gasteiger partial charge >= 0.3 is 0 Å². The Kier molecular flexibility index (Phi) is 5.33. The molecule has 2 aliphatic rings. The topological polar surface area (TPSA) is 8.17 Å². The molecule has 2 atom stereocenters. The Morgan fingerprint density at radius 3 is 2.17 bits per heavy atom. The number of nitrogens with zero attached hydrogens (tertiary/aromatic N) is 2. The molecule has 1 aromatic heterocycles. The molecule has 1 aliphatic carbocycles. The van der Waals surface area contributed by atoms with Gasteiger partial charge in [-0.1, -0.05) is 111 Å². The molecular weight excluding hydrogens is 496 g/mol. The summed E-state index contributed by atoms with van der Waals surface area (Å²) in [5.74, 6) is 0.395. The Labute approximate surface area is 241 Å². The van der Waals surface area contributed by atoms with Gasteiger partial charge in [-0.3, -0.25) is 0 Å². The average Bonchev–Trinajstić information content (AvgIpc) is 3.36. The number of para-hydroxylation sites is 3. The van der Waals surface area contributed by atoms with Crippen LogP contribution in [0.15, 0.2) is 146 Å². The third-order valence-electron chi connectivity index (χ3n) is 9.24. The Bertz CT molecular complexity index is 1990. The van der Waals surface area contributed by atoms with Gasteiger partial charge in [0.25, 0.3) is 0 Å². The second-order valence-electron chi connectivity index (χ2n) is 11.9. The summed E-state index contributed by atoms with van der Waals surface area (Å²) in [4.78, 5) is 2.55. The van der Waals surface area contributed by atoms with Crippen molar-refractivity contribution in [1.82, 2.24) is 4.57 Å². The summed E-state index contributed by atoms with van der Waals surface area (Å²) in [5.41, 5.74) is 10.1. The number of hydrogen-bond donors (Lipinski definition) is 0. The lowest BCUT2D eigenvalue weighted by Gasteiger charge is -2.50. The van der Waals surface area contributed by atoms with E-state index in [4.69, 9.17) is 0 Å². The molecule has 0 amide bonds. The lowest BCUT2D eigenvalue weighted by molar-refractivity contribution is 0.332. The van der Waals surface area contributed by atoms with Crippen LogP contribution in [0.3, 0.4) is 0 Å². The highest BCUT2D eigenvalue weighted by Crippen LogP contribution is 2.50. The molecule has 0 bridgehead atoms. The summed E-state index contributed by atoms with van der Waals surface area (Å²) in [6.45, 7) is 4.78. The Morgan fingerprint density at radius 1 is 0.561 bits per heavy atom. The molecule has 2 unspecified atom stereocenters. The van der Waals surface area contributed by atoms with Gasteiger partial charge in [-0.15, -0.1) is 0 Å². The first-order chi connectivity index (χ1) is 20.1. The molecule has 0 spiro atoms. The molecule has 0 saturated heterocycles. The van der Waals surface area contributed by atoms with Crippen molar-refractivity contribution in [3.63, 3.8) is 0 Å². The second-order valence-corrected chi connectivity index (χ2v) is 11.9. The average molecular weight is 529 g/mol. The van der Waals surface area contributed by atoms with E-state index in [2.05, 4.69) is 169 Å². The lowest BCUT2D eigenvalue weighted by Crippen LogP contribution is -2.49. The standard InChI is InChI=1S/C39H32N2/c1-39(2)33-18-7-10-21-37(33)41(38-22-11-8-19-34(38)39)30-16-12-13-27(25-30)28-23-24-36-32(26-28)31-17-6-9-20-35(31)40(36)29-14-4-3-5-15-29/h3-26,33,37H,1-2H3. The molecule has 1 aliphatic heterocycles.